The molecular formula is C26H25N5O2S. The molecule has 0 unspecified atom stereocenters. The van der Waals surface area contributed by atoms with Crippen LogP contribution in [0, 0.1) is 11.3 Å². The van der Waals surface area contributed by atoms with Gasteiger partial charge in [-0.25, -0.2) is 4.98 Å². The Bertz CT molecular complexity index is 1230. The van der Waals surface area contributed by atoms with Gasteiger partial charge < -0.3 is 9.80 Å². The molecule has 0 spiro atoms. The average Bonchev–Trinajstić information content (AvgIpc) is 3.40. The van der Waals surface area contributed by atoms with Gasteiger partial charge in [-0.3, -0.25) is 9.59 Å². The minimum absolute atomic E-state index is 0.0513. The summed E-state index contributed by atoms with van der Waals surface area (Å²) in [5, 5.41) is 9.97. The van der Waals surface area contributed by atoms with Crippen molar-refractivity contribution < 1.29 is 9.59 Å². The standard InChI is InChI=1S/C26H25N5O2S/c27-18-19-5-4-6-20(17-19)23(33)30-13-15-31(16-14-30)25-28-24(29-34-25)26(11-9-22(32)10-12-26)21-7-2-1-3-8-21/h1-8,17H,9-16H2. The van der Waals surface area contributed by atoms with Gasteiger partial charge in [-0.1, -0.05) is 36.4 Å². The van der Waals surface area contributed by atoms with E-state index in [0.29, 0.717) is 55.9 Å². The Hall–Kier alpha value is -3.57. The number of Topliss-reactive ketones (excluding diaryl/α,β-unsaturated/α-hetero) is 1. The molecule has 1 aromatic heterocycles. The van der Waals surface area contributed by atoms with Crippen molar-refractivity contribution >= 4 is 28.4 Å². The Morgan fingerprint density at radius 2 is 1.74 bits per heavy atom. The first kappa shape index (κ1) is 22.2. The molecular weight excluding hydrogens is 446 g/mol. The summed E-state index contributed by atoms with van der Waals surface area (Å²) in [5.41, 5.74) is 1.87. The van der Waals surface area contributed by atoms with Gasteiger partial charge in [0, 0.05) is 56.1 Å². The molecule has 1 saturated heterocycles. The summed E-state index contributed by atoms with van der Waals surface area (Å²) in [4.78, 5) is 33.9. The number of carbonyl (C=O) groups excluding carboxylic acids is 2. The Morgan fingerprint density at radius 3 is 2.44 bits per heavy atom. The summed E-state index contributed by atoms with van der Waals surface area (Å²) in [6.07, 6.45) is 2.57. The highest BCUT2D eigenvalue weighted by Gasteiger charge is 2.41. The van der Waals surface area contributed by atoms with Crippen molar-refractivity contribution in [3.63, 3.8) is 0 Å². The number of hydrogen-bond acceptors (Lipinski definition) is 7. The lowest BCUT2D eigenvalue weighted by molar-refractivity contribution is -0.121. The zero-order valence-electron chi connectivity index (χ0n) is 18.8. The third kappa shape index (κ3) is 4.19. The number of ketones is 1. The highest BCUT2D eigenvalue weighted by molar-refractivity contribution is 7.09. The van der Waals surface area contributed by atoms with Crippen LogP contribution in [-0.4, -0.2) is 52.1 Å². The lowest BCUT2D eigenvalue weighted by Crippen LogP contribution is -2.48. The van der Waals surface area contributed by atoms with Gasteiger partial charge in [0.05, 0.1) is 17.0 Å². The number of anilines is 1. The maximum absolute atomic E-state index is 12.9. The van der Waals surface area contributed by atoms with Gasteiger partial charge in [-0.05, 0) is 36.6 Å². The minimum Gasteiger partial charge on any atom is -0.343 e. The largest absolute Gasteiger partial charge is 0.343 e. The molecule has 8 heteroatoms. The molecule has 2 aliphatic rings. The van der Waals surface area contributed by atoms with E-state index in [4.69, 9.17) is 14.6 Å². The molecule has 2 fully saturated rings. The number of aromatic nitrogens is 2. The van der Waals surface area contributed by atoms with Crippen LogP contribution >= 0.6 is 11.5 Å². The van der Waals surface area contributed by atoms with Crippen LogP contribution in [0.25, 0.3) is 0 Å². The number of rotatable bonds is 4. The van der Waals surface area contributed by atoms with Crippen molar-refractivity contribution in [2.75, 3.05) is 31.1 Å². The summed E-state index contributed by atoms with van der Waals surface area (Å²) >= 11 is 1.40. The zero-order valence-corrected chi connectivity index (χ0v) is 19.6. The first-order valence-electron chi connectivity index (χ1n) is 11.5. The van der Waals surface area contributed by atoms with E-state index in [0.717, 1.165) is 23.8 Å². The van der Waals surface area contributed by atoms with Crippen LogP contribution in [-0.2, 0) is 10.2 Å². The molecule has 2 heterocycles. The lowest BCUT2D eigenvalue weighted by Gasteiger charge is -2.35. The predicted molar refractivity (Wildman–Crippen MR) is 130 cm³/mol. The van der Waals surface area contributed by atoms with E-state index in [1.54, 1.807) is 24.3 Å². The molecule has 1 amide bonds. The van der Waals surface area contributed by atoms with Gasteiger partial charge in [-0.15, -0.1) is 0 Å². The van der Waals surface area contributed by atoms with Crippen molar-refractivity contribution in [1.29, 1.82) is 5.26 Å². The van der Waals surface area contributed by atoms with Gasteiger partial charge in [0.25, 0.3) is 5.91 Å². The summed E-state index contributed by atoms with van der Waals surface area (Å²) in [6.45, 7) is 2.52. The van der Waals surface area contributed by atoms with Crippen molar-refractivity contribution in [2.45, 2.75) is 31.1 Å². The predicted octanol–water partition coefficient (Wildman–Crippen LogP) is 3.80. The summed E-state index contributed by atoms with van der Waals surface area (Å²) in [5.74, 6) is 1.06. The van der Waals surface area contributed by atoms with Gasteiger partial charge in [0.1, 0.15) is 5.78 Å². The quantitative estimate of drug-likeness (QED) is 0.575. The van der Waals surface area contributed by atoms with E-state index >= 15 is 0 Å². The highest BCUT2D eigenvalue weighted by Crippen LogP contribution is 2.43. The van der Waals surface area contributed by atoms with Gasteiger partial charge in [-0.2, -0.15) is 9.64 Å². The number of amides is 1. The molecule has 1 saturated carbocycles. The maximum Gasteiger partial charge on any atom is 0.254 e. The third-order valence-corrected chi connectivity index (χ3v) is 7.68. The molecule has 0 N–H and O–H groups in total. The summed E-state index contributed by atoms with van der Waals surface area (Å²) in [6, 6.07) is 19.2. The monoisotopic (exact) mass is 471 g/mol. The number of hydrogen-bond donors (Lipinski definition) is 0. The van der Waals surface area contributed by atoms with E-state index in [1.165, 1.54) is 17.1 Å². The van der Waals surface area contributed by atoms with Crippen molar-refractivity contribution in [3.8, 4) is 6.07 Å². The topological polar surface area (TPSA) is 90.2 Å². The van der Waals surface area contributed by atoms with Crippen molar-refractivity contribution in [1.82, 2.24) is 14.3 Å². The molecule has 1 aliphatic carbocycles. The number of piperazine rings is 1. The highest BCUT2D eigenvalue weighted by atomic mass is 32.1. The van der Waals surface area contributed by atoms with Gasteiger partial charge in [0.2, 0.25) is 5.13 Å². The van der Waals surface area contributed by atoms with Crippen LogP contribution < -0.4 is 4.90 Å². The second-order valence-electron chi connectivity index (χ2n) is 8.86. The fourth-order valence-electron chi connectivity index (χ4n) is 4.90. The molecule has 0 bridgehead atoms. The molecule has 34 heavy (non-hydrogen) atoms. The van der Waals surface area contributed by atoms with E-state index < -0.39 is 0 Å². The normalized spacial score (nSPS) is 17.9. The van der Waals surface area contributed by atoms with Gasteiger partial charge >= 0.3 is 0 Å². The molecule has 1 aliphatic heterocycles. The number of nitriles is 1. The van der Waals surface area contributed by atoms with Crippen LogP contribution in [0.5, 0.6) is 0 Å². The molecule has 3 aromatic rings. The third-order valence-electron chi connectivity index (χ3n) is 6.91. The summed E-state index contributed by atoms with van der Waals surface area (Å²) < 4.78 is 4.78. The van der Waals surface area contributed by atoms with Crippen LogP contribution in [0.15, 0.2) is 54.6 Å². The first-order chi connectivity index (χ1) is 16.6. The van der Waals surface area contributed by atoms with Crippen molar-refractivity contribution in [3.05, 3.63) is 77.1 Å². The summed E-state index contributed by atoms with van der Waals surface area (Å²) in [7, 11) is 0. The Labute approximate surface area is 202 Å². The number of nitrogens with zero attached hydrogens (tertiary/aromatic N) is 5. The lowest BCUT2D eigenvalue weighted by atomic mass is 9.68. The first-order valence-corrected chi connectivity index (χ1v) is 12.3. The van der Waals surface area contributed by atoms with E-state index in [-0.39, 0.29) is 11.3 Å². The molecule has 7 nitrogen and oxygen atoms in total. The van der Waals surface area contributed by atoms with Gasteiger partial charge in [0.15, 0.2) is 5.82 Å². The zero-order chi connectivity index (χ0) is 23.5. The maximum atomic E-state index is 12.9. The smallest absolute Gasteiger partial charge is 0.254 e. The Kier molecular flexibility index (Phi) is 6.12. The average molecular weight is 472 g/mol. The number of carbonyl (C=O) groups is 2. The SMILES string of the molecule is N#Cc1cccc(C(=O)N2CCN(c3nc(C4(c5ccccc5)CCC(=O)CC4)ns3)CC2)c1. The second-order valence-corrected chi connectivity index (χ2v) is 9.59. The fraction of sp³-hybridized carbons (Fsp3) is 0.346. The van der Waals surface area contributed by atoms with Crippen molar-refractivity contribution in [2.24, 2.45) is 0 Å². The molecule has 0 atom stereocenters. The molecule has 172 valence electrons. The number of benzene rings is 2. The molecule has 0 radical (unpaired) electrons. The molecule has 2 aromatic carbocycles. The Balaban J connectivity index is 1.31. The molecule has 5 rings (SSSR count). The van der Waals surface area contributed by atoms with Crippen LogP contribution in [0.4, 0.5) is 5.13 Å². The minimum atomic E-state index is -0.326. The van der Waals surface area contributed by atoms with E-state index in [9.17, 15) is 9.59 Å². The second kappa shape index (κ2) is 9.35. The fourth-order valence-corrected chi connectivity index (χ4v) is 5.71. The van der Waals surface area contributed by atoms with E-state index in [2.05, 4.69) is 23.1 Å². The van der Waals surface area contributed by atoms with Crippen LogP contribution in [0.1, 0.15) is 53.0 Å². The van der Waals surface area contributed by atoms with Crippen LogP contribution in [0.2, 0.25) is 0 Å². The Morgan fingerprint density at radius 1 is 1.00 bits per heavy atom. The van der Waals surface area contributed by atoms with E-state index in [1.807, 2.05) is 23.1 Å². The van der Waals surface area contributed by atoms with Crippen LogP contribution in [0.3, 0.4) is 0 Å².